The molecule has 2 aromatic rings. The second kappa shape index (κ2) is 10.0. The van der Waals surface area contributed by atoms with E-state index in [2.05, 4.69) is 27.2 Å². The molecule has 1 nitrogen and oxygen atoms in total. The summed E-state index contributed by atoms with van der Waals surface area (Å²) in [5.74, 6) is -0.556. The van der Waals surface area contributed by atoms with Crippen molar-refractivity contribution < 1.29 is 37.2 Å². The van der Waals surface area contributed by atoms with E-state index >= 15 is 0 Å². The molecule has 0 aliphatic heterocycles. The van der Waals surface area contributed by atoms with E-state index in [0.717, 1.165) is 47.0 Å². The Labute approximate surface area is 167 Å². The summed E-state index contributed by atoms with van der Waals surface area (Å²) in [7, 11) is 6.54. The molecular weight excluding hydrogens is 431 g/mol. The fourth-order valence-electron chi connectivity index (χ4n) is 2.69. The largest absolute Gasteiger partial charge is 1.00 e. The lowest BCUT2D eigenvalue weighted by molar-refractivity contribution is -0.870. The highest BCUT2D eigenvalue weighted by molar-refractivity contribution is 5.79. The second-order valence-corrected chi connectivity index (χ2v) is 7.15. The highest BCUT2D eigenvalue weighted by atomic mass is 127. The Morgan fingerprint density at radius 1 is 0.880 bits per heavy atom. The molecule has 0 bridgehead atoms. The number of unbranched alkanes of at least 4 members (excludes halogenated alkanes) is 2. The molecule has 0 aromatic heterocycles. The molecule has 2 aromatic carbocycles. The summed E-state index contributed by atoms with van der Waals surface area (Å²) >= 11 is 0. The SMILES string of the molecule is C[N+](C)(C)CCCCC=C(c1cccc(F)c1)c1cccc(F)c1.[I-]. The van der Waals surface area contributed by atoms with E-state index in [0.29, 0.717) is 0 Å². The predicted octanol–water partition coefficient (Wildman–Crippen LogP) is 2.28. The number of hydrogen-bond donors (Lipinski definition) is 0. The maximum Gasteiger partial charge on any atom is 0.123 e. The van der Waals surface area contributed by atoms with Gasteiger partial charge in [0.1, 0.15) is 11.6 Å². The highest BCUT2D eigenvalue weighted by Gasteiger charge is 2.08. The summed E-state index contributed by atoms with van der Waals surface area (Å²) in [5, 5.41) is 0. The Hall–Kier alpha value is -1.27. The van der Waals surface area contributed by atoms with Crippen LogP contribution in [0.2, 0.25) is 0 Å². The molecule has 0 fully saturated rings. The molecule has 136 valence electrons. The molecule has 2 rings (SSSR count). The fourth-order valence-corrected chi connectivity index (χ4v) is 2.69. The zero-order valence-electron chi connectivity index (χ0n) is 15.1. The van der Waals surface area contributed by atoms with Crippen LogP contribution in [0, 0.1) is 11.6 Å². The van der Waals surface area contributed by atoms with Gasteiger partial charge in [-0.1, -0.05) is 30.3 Å². The summed E-state index contributed by atoms with van der Waals surface area (Å²) in [5.41, 5.74) is 2.46. The number of allylic oxidation sites excluding steroid dienone is 1. The van der Waals surface area contributed by atoms with Crippen molar-refractivity contribution >= 4 is 5.57 Å². The topological polar surface area (TPSA) is 0 Å². The van der Waals surface area contributed by atoms with E-state index in [1.807, 2.05) is 12.1 Å². The molecule has 0 radical (unpaired) electrons. The molecule has 0 aliphatic carbocycles. The van der Waals surface area contributed by atoms with E-state index in [4.69, 9.17) is 0 Å². The van der Waals surface area contributed by atoms with Gasteiger partial charge < -0.3 is 28.5 Å². The van der Waals surface area contributed by atoms with Gasteiger partial charge in [-0.05, 0) is 60.2 Å². The summed E-state index contributed by atoms with van der Waals surface area (Å²) in [6, 6.07) is 13.0. The van der Waals surface area contributed by atoms with Crippen molar-refractivity contribution in [2.45, 2.75) is 19.3 Å². The first-order valence-corrected chi connectivity index (χ1v) is 8.38. The predicted molar refractivity (Wildman–Crippen MR) is 96.6 cm³/mol. The van der Waals surface area contributed by atoms with Crippen LogP contribution in [0.3, 0.4) is 0 Å². The monoisotopic (exact) mass is 457 g/mol. The maximum atomic E-state index is 13.6. The van der Waals surface area contributed by atoms with E-state index in [-0.39, 0.29) is 35.6 Å². The quantitative estimate of drug-likeness (QED) is 0.340. The number of rotatable bonds is 7. The number of halogens is 3. The molecule has 25 heavy (non-hydrogen) atoms. The minimum Gasteiger partial charge on any atom is -1.00 e. The van der Waals surface area contributed by atoms with Crippen LogP contribution in [-0.4, -0.2) is 32.2 Å². The number of hydrogen-bond acceptors (Lipinski definition) is 0. The van der Waals surface area contributed by atoms with Gasteiger partial charge in [0.15, 0.2) is 0 Å². The smallest absolute Gasteiger partial charge is 0.123 e. The number of quaternary nitrogens is 1. The van der Waals surface area contributed by atoms with Crippen LogP contribution < -0.4 is 24.0 Å². The first-order valence-electron chi connectivity index (χ1n) is 8.38. The lowest BCUT2D eigenvalue weighted by atomic mass is 9.96. The zero-order chi connectivity index (χ0) is 17.6. The summed E-state index contributed by atoms with van der Waals surface area (Å²) < 4.78 is 28.1. The van der Waals surface area contributed by atoms with Gasteiger partial charge in [-0.3, -0.25) is 0 Å². The molecule has 0 heterocycles. The normalized spacial score (nSPS) is 10.9. The molecule has 0 aliphatic rings. The van der Waals surface area contributed by atoms with Crippen LogP contribution in [0.4, 0.5) is 8.78 Å². The third-order valence-corrected chi connectivity index (χ3v) is 3.90. The van der Waals surface area contributed by atoms with Crippen LogP contribution in [0.5, 0.6) is 0 Å². The molecule has 0 amide bonds. The Balaban J connectivity index is 0.00000312. The zero-order valence-corrected chi connectivity index (χ0v) is 17.3. The molecule has 4 heteroatoms. The molecule has 0 spiro atoms. The minimum absolute atomic E-state index is 0. The van der Waals surface area contributed by atoms with Crippen molar-refractivity contribution in [2.75, 3.05) is 27.7 Å². The Bertz CT molecular complexity index is 658. The molecule has 0 saturated heterocycles. The van der Waals surface area contributed by atoms with Crippen LogP contribution in [-0.2, 0) is 0 Å². The van der Waals surface area contributed by atoms with Gasteiger partial charge in [-0.25, -0.2) is 8.78 Å². The summed E-state index contributed by atoms with van der Waals surface area (Å²) in [6.45, 7) is 1.11. The van der Waals surface area contributed by atoms with E-state index in [1.54, 1.807) is 12.1 Å². The van der Waals surface area contributed by atoms with Crippen LogP contribution in [0.15, 0.2) is 54.6 Å². The molecule has 0 atom stereocenters. The van der Waals surface area contributed by atoms with E-state index in [1.165, 1.54) is 24.3 Å². The van der Waals surface area contributed by atoms with Gasteiger partial charge in [0, 0.05) is 0 Å². The second-order valence-electron chi connectivity index (χ2n) is 7.15. The van der Waals surface area contributed by atoms with Gasteiger partial charge >= 0.3 is 0 Å². The Morgan fingerprint density at radius 3 is 1.84 bits per heavy atom. The lowest BCUT2D eigenvalue weighted by Gasteiger charge is -2.23. The van der Waals surface area contributed by atoms with Gasteiger partial charge in [-0.2, -0.15) is 0 Å². The van der Waals surface area contributed by atoms with Gasteiger partial charge in [0.25, 0.3) is 0 Å². The number of benzene rings is 2. The van der Waals surface area contributed by atoms with Crippen LogP contribution >= 0.6 is 0 Å². The standard InChI is InChI=1S/C21H26F2N.HI/c1-24(2,3)14-6-4-5-13-21(17-9-7-11-19(22)15-17)18-10-8-12-20(23)16-18;/h7-13,15-16H,4-6,14H2,1-3H3;1H/q+1;/p-1. The molecular formula is C21H26F2IN. The van der Waals surface area contributed by atoms with Crippen molar-refractivity contribution in [1.29, 1.82) is 0 Å². The summed E-state index contributed by atoms with van der Waals surface area (Å²) in [6.07, 6.45) is 5.17. The average Bonchev–Trinajstić information content (AvgIpc) is 2.49. The third-order valence-electron chi connectivity index (χ3n) is 3.90. The van der Waals surface area contributed by atoms with Crippen molar-refractivity contribution in [3.8, 4) is 0 Å². The maximum absolute atomic E-state index is 13.6. The minimum atomic E-state index is -0.278. The summed E-state index contributed by atoms with van der Waals surface area (Å²) in [4.78, 5) is 0. The van der Waals surface area contributed by atoms with Crippen molar-refractivity contribution in [3.05, 3.63) is 77.4 Å². The molecule has 0 N–H and O–H groups in total. The lowest BCUT2D eigenvalue weighted by Crippen LogP contribution is -3.00. The van der Waals surface area contributed by atoms with Crippen molar-refractivity contribution in [1.82, 2.24) is 0 Å². The van der Waals surface area contributed by atoms with Crippen LogP contribution in [0.1, 0.15) is 30.4 Å². The van der Waals surface area contributed by atoms with Gasteiger partial charge in [0.2, 0.25) is 0 Å². The molecule has 0 unspecified atom stereocenters. The fraction of sp³-hybridized carbons (Fsp3) is 0.333. The first kappa shape index (κ1) is 21.8. The van der Waals surface area contributed by atoms with Crippen molar-refractivity contribution in [2.24, 2.45) is 0 Å². The van der Waals surface area contributed by atoms with Crippen molar-refractivity contribution in [3.63, 3.8) is 0 Å². The highest BCUT2D eigenvalue weighted by Crippen LogP contribution is 2.25. The Kier molecular flexibility index (Phi) is 8.73. The van der Waals surface area contributed by atoms with E-state index < -0.39 is 0 Å². The Morgan fingerprint density at radius 2 is 1.40 bits per heavy atom. The first-order chi connectivity index (χ1) is 11.3. The molecule has 0 saturated carbocycles. The van der Waals surface area contributed by atoms with Crippen LogP contribution in [0.25, 0.3) is 5.57 Å². The van der Waals surface area contributed by atoms with Gasteiger partial charge in [0.05, 0.1) is 27.7 Å². The van der Waals surface area contributed by atoms with Gasteiger partial charge in [-0.15, -0.1) is 0 Å². The van der Waals surface area contributed by atoms with E-state index in [9.17, 15) is 8.78 Å². The number of nitrogens with zero attached hydrogens (tertiary/aromatic N) is 1. The third kappa shape index (κ3) is 7.65. The average molecular weight is 457 g/mol.